The predicted octanol–water partition coefficient (Wildman–Crippen LogP) is 3.70. The summed E-state index contributed by atoms with van der Waals surface area (Å²) < 4.78 is 24.6. The summed E-state index contributed by atoms with van der Waals surface area (Å²) in [5.74, 6) is 0.0903. The minimum Gasteiger partial charge on any atom is -0.494 e. The molecule has 0 radical (unpaired) electrons. The van der Waals surface area contributed by atoms with Crippen LogP contribution in [0.3, 0.4) is 0 Å². The SMILES string of the molecule is CCOc1cccc(CNC(=O)[C@@H](CC)Oc2ccccc2F)c1. The second-order valence-corrected chi connectivity index (χ2v) is 5.24. The summed E-state index contributed by atoms with van der Waals surface area (Å²) in [6.07, 6.45) is -0.295. The first-order chi connectivity index (χ1) is 11.6. The van der Waals surface area contributed by atoms with Gasteiger partial charge >= 0.3 is 0 Å². The second-order valence-electron chi connectivity index (χ2n) is 5.24. The lowest BCUT2D eigenvalue weighted by atomic mass is 10.2. The third kappa shape index (κ3) is 4.98. The van der Waals surface area contributed by atoms with Crippen LogP contribution in [-0.4, -0.2) is 18.6 Å². The number of carbonyl (C=O) groups is 1. The van der Waals surface area contributed by atoms with Gasteiger partial charge in [-0.3, -0.25) is 4.79 Å². The van der Waals surface area contributed by atoms with Gasteiger partial charge in [-0.05, 0) is 43.2 Å². The molecular weight excluding hydrogens is 309 g/mol. The monoisotopic (exact) mass is 331 g/mol. The number of nitrogens with one attached hydrogen (secondary N) is 1. The summed E-state index contributed by atoms with van der Waals surface area (Å²) in [5, 5.41) is 2.82. The highest BCUT2D eigenvalue weighted by Gasteiger charge is 2.19. The molecule has 0 heterocycles. The van der Waals surface area contributed by atoms with Crippen LogP contribution in [0.15, 0.2) is 48.5 Å². The maximum atomic E-state index is 13.6. The van der Waals surface area contributed by atoms with E-state index in [4.69, 9.17) is 9.47 Å². The van der Waals surface area contributed by atoms with Gasteiger partial charge in [-0.2, -0.15) is 0 Å². The van der Waals surface area contributed by atoms with E-state index >= 15 is 0 Å². The number of carbonyl (C=O) groups excluding carboxylic acids is 1. The average molecular weight is 331 g/mol. The molecule has 1 amide bonds. The van der Waals surface area contributed by atoms with Gasteiger partial charge in [-0.25, -0.2) is 4.39 Å². The molecule has 4 nitrogen and oxygen atoms in total. The molecule has 0 bridgehead atoms. The molecule has 0 saturated carbocycles. The number of hydrogen-bond donors (Lipinski definition) is 1. The van der Waals surface area contributed by atoms with Gasteiger partial charge < -0.3 is 14.8 Å². The van der Waals surface area contributed by atoms with E-state index in [0.717, 1.165) is 11.3 Å². The molecule has 0 unspecified atom stereocenters. The maximum absolute atomic E-state index is 13.6. The van der Waals surface area contributed by atoms with Gasteiger partial charge in [-0.1, -0.05) is 31.2 Å². The maximum Gasteiger partial charge on any atom is 0.261 e. The Kier molecular flexibility index (Phi) is 6.61. The minimum absolute atomic E-state index is 0.0813. The molecule has 0 fully saturated rings. The van der Waals surface area contributed by atoms with E-state index < -0.39 is 11.9 Å². The van der Waals surface area contributed by atoms with E-state index in [1.807, 2.05) is 38.1 Å². The van der Waals surface area contributed by atoms with Crippen LogP contribution in [-0.2, 0) is 11.3 Å². The molecule has 128 valence electrons. The van der Waals surface area contributed by atoms with Crippen LogP contribution in [0, 0.1) is 5.82 Å². The summed E-state index contributed by atoms with van der Waals surface area (Å²) in [6, 6.07) is 13.6. The van der Waals surface area contributed by atoms with Gasteiger partial charge in [0.05, 0.1) is 6.61 Å². The topological polar surface area (TPSA) is 47.6 Å². The van der Waals surface area contributed by atoms with Crippen LogP contribution >= 0.6 is 0 Å². The second kappa shape index (κ2) is 8.91. The number of amides is 1. The average Bonchev–Trinajstić information content (AvgIpc) is 2.59. The molecule has 0 aliphatic rings. The zero-order valence-electron chi connectivity index (χ0n) is 13.9. The molecule has 0 saturated heterocycles. The molecule has 2 rings (SSSR count). The third-order valence-electron chi connectivity index (χ3n) is 3.45. The lowest BCUT2D eigenvalue weighted by Crippen LogP contribution is -2.37. The minimum atomic E-state index is -0.739. The van der Waals surface area contributed by atoms with Crippen molar-refractivity contribution in [3.05, 3.63) is 59.9 Å². The van der Waals surface area contributed by atoms with Gasteiger partial charge in [-0.15, -0.1) is 0 Å². The zero-order valence-corrected chi connectivity index (χ0v) is 13.9. The first-order valence-corrected chi connectivity index (χ1v) is 8.04. The summed E-state index contributed by atoms with van der Waals surface area (Å²) in [4.78, 5) is 12.3. The van der Waals surface area contributed by atoms with Gasteiger partial charge in [0.15, 0.2) is 17.7 Å². The van der Waals surface area contributed by atoms with Crippen LogP contribution in [0.25, 0.3) is 0 Å². The molecule has 2 aromatic rings. The fourth-order valence-corrected chi connectivity index (χ4v) is 2.23. The van der Waals surface area contributed by atoms with Crippen molar-refractivity contribution in [1.82, 2.24) is 5.32 Å². The summed E-state index contributed by atoms with van der Waals surface area (Å²) >= 11 is 0. The van der Waals surface area contributed by atoms with Crippen molar-refractivity contribution in [3.63, 3.8) is 0 Å². The molecule has 0 spiro atoms. The lowest BCUT2D eigenvalue weighted by Gasteiger charge is -2.17. The largest absolute Gasteiger partial charge is 0.494 e. The van der Waals surface area contributed by atoms with E-state index in [-0.39, 0.29) is 11.7 Å². The number of rotatable bonds is 8. The Morgan fingerprint density at radius 1 is 1.17 bits per heavy atom. The van der Waals surface area contributed by atoms with Crippen LogP contribution in [0.5, 0.6) is 11.5 Å². The number of benzene rings is 2. The van der Waals surface area contributed by atoms with Crippen LogP contribution in [0.2, 0.25) is 0 Å². The first-order valence-electron chi connectivity index (χ1n) is 8.04. The van der Waals surface area contributed by atoms with E-state index in [2.05, 4.69) is 5.32 Å². The zero-order chi connectivity index (χ0) is 17.4. The van der Waals surface area contributed by atoms with Gasteiger partial charge in [0.25, 0.3) is 5.91 Å². The highest BCUT2D eigenvalue weighted by Crippen LogP contribution is 2.18. The molecule has 0 aliphatic heterocycles. The number of halogens is 1. The Balaban J connectivity index is 1.94. The molecule has 2 aromatic carbocycles. The van der Waals surface area contributed by atoms with Crippen molar-refractivity contribution in [3.8, 4) is 11.5 Å². The molecule has 24 heavy (non-hydrogen) atoms. The van der Waals surface area contributed by atoms with E-state index in [0.29, 0.717) is 19.6 Å². The fourth-order valence-electron chi connectivity index (χ4n) is 2.23. The predicted molar refractivity (Wildman–Crippen MR) is 90.6 cm³/mol. The molecule has 0 aliphatic carbocycles. The number of hydrogen-bond acceptors (Lipinski definition) is 3. The normalized spacial score (nSPS) is 11.6. The summed E-state index contributed by atoms with van der Waals surface area (Å²) in [7, 11) is 0. The summed E-state index contributed by atoms with van der Waals surface area (Å²) in [5.41, 5.74) is 0.926. The van der Waals surface area contributed by atoms with Gasteiger partial charge in [0.1, 0.15) is 5.75 Å². The third-order valence-corrected chi connectivity index (χ3v) is 3.45. The van der Waals surface area contributed by atoms with E-state index in [9.17, 15) is 9.18 Å². The smallest absolute Gasteiger partial charge is 0.261 e. The highest BCUT2D eigenvalue weighted by atomic mass is 19.1. The Bertz CT molecular complexity index is 675. The van der Waals surface area contributed by atoms with Gasteiger partial charge in [0.2, 0.25) is 0 Å². The number of para-hydroxylation sites is 1. The van der Waals surface area contributed by atoms with Crippen molar-refractivity contribution >= 4 is 5.91 Å². The van der Waals surface area contributed by atoms with Crippen molar-refractivity contribution in [2.24, 2.45) is 0 Å². The fraction of sp³-hybridized carbons (Fsp3) is 0.316. The number of ether oxygens (including phenoxy) is 2. The Morgan fingerprint density at radius 2 is 1.96 bits per heavy atom. The van der Waals surface area contributed by atoms with Crippen molar-refractivity contribution < 1.29 is 18.7 Å². The molecule has 5 heteroatoms. The standard InChI is InChI=1S/C19H22FNO3/c1-3-17(24-18-11-6-5-10-16(18)20)19(22)21-13-14-8-7-9-15(12-14)23-4-2/h5-12,17H,3-4,13H2,1-2H3,(H,21,22)/t17-/m1/s1. The van der Waals surface area contributed by atoms with Crippen LogP contribution < -0.4 is 14.8 Å². The van der Waals surface area contributed by atoms with Crippen molar-refractivity contribution in [2.75, 3.05) is 6.61 Å². The first kappa shape index (κ1) is 17.8. The van der Waals surface area contributed by atoms with E-state index in [1.165, 1.54) is 12.1 Å². The Morgan fingerprint density at radius 3 is 2.67 bits per heavy atom. The van der Waals surface area contributed by atoms with E-state index in [1.54, 1.807) is 12.1 Å². The molecule has 1 atom stereocenters. The van der Waals surface area contributed by atoms with Crippen molar-refractivity contribution in [1.29, 1.82) is 0 Å². The highest BCUT2D eigenvalue weighted by molar-refractivity contribution is 5.81. The van der Waals surface area contributed by atoms with Crippen LogP contribution in [0.4, 0.5) is 4.39 Å². The molecule has 0 aromatic heterocycles. The van der Waals surface area contributed by atoms with Crippen LogP contribution in [0.1, 0.15) is 25.8 Å². The molecular formula is C19H22FNO3. The lowest BCUT2D eigenvalue weighted by molar-refractivity contribution is -0.128. The Hall–Kier alpha value is -2.56. The molecule has 1 N–H and O–H groups in total. The quantitative estimate of drug-likeness (QED) is 0.802. The van der Waals surface area contributed by atoms with Crippen molar-refractivity contribution in [2.45, 2.75) is 32.9 Å². The summed E-state index contributed by atoms with van der Waals surface area (Å²) in [6.45, 7) is 4.68. The Labute approximate surface area is 141 Å². The van der Waals surface area contributed by atoms with Gasteiger partial charge in [0, 0.05) is 6.54 Å².